The smallest absolute Gasteiger partial charge is 0.0594 e. The zero-order valence-electron chi connectivity index (χ0n) is 13.6. The maximum Gasteiger partial charge on any atom is 0.0594 e. The van der Waals surface area contributed by atoms with Crippen LogP contribution in [0.25, 0.3) is 0 Å². The maximum atomic E-state index is 2.40. The Morgan fingerprint density at radius 2 is 0.889 bits per heavy atom. The first-order valence-electron chi connectivity index (χ1n) is 8.59. The van der Waals surface area contributed by atoms with Crippen molar-refractivity contribution in [2.75, 3.05) is 24.6 Å². The molecule has 0 saturated heterocycles. The molecule has 0 radical (unpaired) electrons. The van der Waals surface area contributed by atoms with Gasteiger partial charge in [0.05, 0.1) is 24.6 Å². The van der Waals surface area contributed by atoms with Gasteiger partial charge in [-0.15, -0.1) is 0 Å². The molecule has 0 spiro atoms. The second-order valence-electron chi connectivity index (χ2n) is 6.00. The molecule has 110 valence electrons. The Balaban J connectivity index is 4.34. The second kappa shape index (κ2) is 12.5. The zero-order chi connectivity index (χ0) is 13.7. The van der Waals surface area contributed by atoms with E-state index in [-0.39, 0.29) is 0 Å². The molecular weight excluding hydrogens is 235 g/mol. The molecule has 0 amide bonds. The molecule has 0 aromatic rings. The van der Waals surface area contributed by atoms with Gasteiger partial charge in [-0.2, -0.15) is 0 Å². The summed E-state index contributed by atoms with van der Waals surface area (Å²) in [4.78, 5) is 0. The standard InChI is InChI=1S/C17H38P/c1-5-9-12-16-18(14-8-4,15-11-7-3)17-13-10-6-2/h5-17H2,1-4H3/q+1. The van der Waals surface area contributed by atoms with Crippen LogP contribution in [0.15, 0.2) is 0 Å². The Morgan fingerprint density at radius 1 is 0.444 bits per heavy atom. The van der Waals surface area contributed by atoms with Crippen LogP contribution in [0.3, 0.4) is 0 Å². The van der Waals surface area contributed by atoms with Crippen LogP contribution in [-0.4, -0.2) is 24.6 Å². The Labute approximate surface area is 118 Å². The lowest BCUT2D eigenvalue weighted by Gasteiger charge is -2.27. The summed E-state index contributed by atoms with van der Waals surface area (Å²) in [5.41, 5.74) is 0. The largest absolute Gasteiger partial charge is 0.0654 e. The third-order valence-electron chi connectivity index (χ3n) is 4.16. The molecule has 0 fully saturated rings. The highest BCUT2D eigenvalue weighted by atomic mass is 31.2. The van der Waals surface area contributed by atoms with Crippen molar-refractivity contribution in [3.63, 3.8) is 0 Å². The van der Waals surface area contributed by atoms with E-state index in [0.717, 1.165) is 0 Å². The van der Waals surface area contributed by atoms with Gasteiger partial charge in [0, 0.05) is 7.26 Å². The molecule has 0 atom stereocenters. The highest BCUT2D eigenvalue weighted by Gasteiger charge is 2.34. The summed E-state index contributed by atoms with van der Waals surface area (Å²) in [5.74, 6) is 0. The summed E-state index contributed by atoms with van der Waals surface area (Å²) in [6, 6.07) is 0. The average Bonchev–Trinajstić information content (AvgIpc) is 2.37. The lowest BCUT2D eigenvalue weighted by atomic mass is 10.3. The first-order valence-corrected chi connectivity index (χ1v) is 11.1. The van der Waals surface area contributed by atoms with Gasteiger partial charge in [0.1, 0.15) is 0 Å². The van der Waals surface area contributed by atoms with Gasteiger partial charge in [-0.3, -0.25) is 0 Å². The van der Waals surface area contributed by atoms with E-state index in [1.165, 1.54) is 57.8 Å². The van der Waals surface area contributed by atoms with E-state index in [1.54, 1.807) is 24.6 Å². The molecule has 0 aliphatic heterocycles. The van der Waals surface area contributed by atoms with E-state index in [1.807, 2.05) is 0 Å². The minimum atomic E-state index is -0.572. The van der Waals surface area contributed by atoms with Crippen LogP contribution in [0.2, 0.25) is 0 Å². The lowest BCUT2D eigenvalue weighted by molar-refractivity contribution is 0.750. The predicted octanol–water partition coefficient (Wildman–Crippen LogP) is 6.59. The maximum absolute atomic E-state index is 2.40. The van der Waals surface area contributed by atoms with E-state index >= 15 is 0 Å². The topological polar surface area (TPSA) is 0 Å². The first kappa shape index (κ1) is 18.4. The van der Waals surface area contributed by atoms with Gasteiger partial charge in [-0.1, -0.05) is 59.8 Å². The molecule has 0 heterocycles. The Bertz CT molecular complexity index is 155. The van der Waals surface area contributed by atoms with Crippen LogP contribution in [0, 0.1) is 0 Å². The van der Waals surface area contributed by atoms with Gasteiger partial charge in [0.25, 0.3) is 0 Å². The van der Waals surface area contributed by atoms with Crippen LogP contribution in [0.5, 0.6) is 0 Å². The molecule has 0 N–H and O–H groups in total. The number of hydrogen-bond donors (Lipinski definition) is 0. The molecule has 0 aliphatic carbocycles. The predicted molar refractivity (Wildman–Crippen MR) is 90.6 cm³/mol. The molecule has 0 saturated carbocycles. The third-order valence-corrected chi connectivity index (χ3v) is 9.35. The summed E-state index contributed by atoms with van der Waals surface area (Å²) >= 11 is 0. The van der Waals surface area contributed by atoms with Gasteiger partial charge in [0.2, 0.25) is 0 Å². The molecule has 0 aromatic heterocycles. The first-order chi connectivity index (χ1) is 8.74. The van der Waals surface area contributed by atoms with Crippen molar-refractivity contribution in [3.8, 4) is 0 Å². The SMILES string of the molecule is CCCCC[P+](CCC)(CCCC)CCCCC. The van der Waals surface area contributed by atoms with Crippen molar-refractivity contribution >= 4 is 7.26 Å². The van der Waals surface area contributed by atoms with Crippen molar-refractivity contribution in [3.05, 3.63) is 0 Å². The van der Waals surface area contributed by atoms with E-state index in [2.05, 4.69) is 27.7 Å². The summed E-state index contributed by atoms with van der Waals surface area (Å²) < 4.78 is 0. The highest BCUT2D eigenvalue weighted by molar-refractivity contribution is 7.75. The van der Waals surface area contributed by atoms with Crippen LogP contribution in [0.1, 0.15) is 85.5 Å². The summed E-state index contributed by atoms with van der Waals surface area (Å²) in [5, 5.41) is 0. The number of unbranched alkanes of at least 4 members (excludes halogenated alkanes) is 5. The minimum Gasteiger partial charge on any atom is -0.0654 e. The van der Waals surface area contributed by atoms with Gasteiger partial charge < -0.3 is 0 Å². The molecule has 18 heavy (non-hydrogen) atoms. The molecule has 0 rings (SSSR count). The summed E-state index contributed by atoms with van der Waals surface area (Å²) in [6.45, 7) is 9.44. The van der Waals surface area contributed by atoms with E-state index in [9.17, 15) is 0 Å². The molecule has 0 bridgehead atoms. The van der Waals surface area contributed by atoms with Crippen molar-refractivity contribution in [1.29, 1.82) is 0 Å². The van der Waals surface area contributed by atoms with Gasteiger partial charge in [-0.05, 0) is 25.7 Å². The molecular formula is C17H38P+. The Morgan fingerprint density at radius 3 is 1.28 bits per heavy atom. The summed E-state index contributed by atoms with van der Waals surface area (Å²) in [6.07, 6.45) is 19.4. The summed E-state index contributed by atoms with van der Waals surface area (Å²) in [7, 11) is -0.572. The van der Waals surface area contributed by atoms with E-state index in [4.69, 9.17) is 0 Å². The van der Waals surface area contributed by atoms with Crippen molar-refractivity contribution in [1.82, 2.24) is 0 Å². The van der Waals surface area contributed by atoms with E-state index in [0.29, 0.717) is 0 Å². The Kier molecular flexibility index (Phi) is 12.8. The fraction of sp³-hybridized carbons (Fsp3) is 1.00. The van der Waals surface area contributed by atoms with Crippen molar-refractivity contribution < 1.29 is 0 Å². The van der Waals surface area contributed by atoms with E-state index < -0.39 is 7.26 Å². The van der Waals surface area contributed by atoms with Crippen LogP contribution in [0.4, 0.5) is 0 Å². The monoisotopic (exact) mass is 273 g/mol. The van der Waals surface area contributed by atoms with Crippen LogP contribution >= 0.6 is 7.26 Å². The quantitative estimate of drug-likeness (QED) is 0.262. The normalized spacial score (nSPS) is 12.0. The molecule has 0 unspecified atom stereocenters. The number of rotatable bonds is 13. The molecule has 0 aliphatic rings. The second-order valence-corrected chi connectivity index (χ2v) is 10.5. The fourth-order valence-corrected chi connectivity index (χ4v) is 8.10. The minimum absolute atomic E-state index is 0.572. The molecule has 0 aromatic carbocycles. The third kappa shape index (κ3) is 8.52. The molecule has 1 heteroatoms. The average molecular weight is 273 g/mol. The van der Waals surface area contributed by atoms with Gasteiger partial charge in [0.15, 0.2) is 0 Å². The van der Waals surface area contributed by atoms with Crippen LogP contribution < -0.4 is 0 Å². The van der Waals surface area contributed by atoms with Crippen LogP contribution in [-0.2, 0) is 0 Å². The molecule has 0 nitrogen and oxygen atoms in total. The Hall–Kier alpha value is 0.430. The van der Waals surface area contributed by atoms with Gasteiger partial charge >= 0.3 is 0 Å². The zero-order valence-corrected chi connectivity index (χ0v) is 14.5. The fourth-order valence-electron chi connectivity index (χ4n) is 3.03. The lowest BCUT2D eigenvalue weighted by Crippen LogP contribution is -2.12. The van der Waals surface area contributed by atoms with Crippen molar-refractivity contribution in [2.45, 2.75) is 85.5 Å². The van der Waals surface area contributed by atoms with Gasteiger partial charge in [-0.25, -0.2) is 0 Å². The highest BCUT2D eigenvalue weighted by Crippen LogP contribution is 2.61. The number of hydrogen-bond acceptors (Lipinski definition) is 0. The van der Waals surface area contributed by atoms with Crippen molar-refractivity contribution in [2.24, 2.45) is 0 Å².